The van der Waals surface area contributed by atoms with Crippen LogP contribution in [0.4, 0.5) is 0 Å². The van der Waals surface area contributed by atoms with Crippen molar-refractivity contribution in [1.29, 1.82) is 0 Å². The van der Waals surface area contributed by atoms with Gasteiger partial charge in [0.1, 0.15) is 0 Å². The fourth-order valence-corrected chi connectivity index (χ4v) is 6.33. The summed E-state index contributed by atoms with van der Waals surface area (Å²) in [7, 11) is 0.569. The highest BCUT2D eigenvalue weighted by Crippen LogP contribution is 2.24. The molecule has 51 heavy (non-hydrogen) atoms. The average molecular weight is 736 g/mol. The molecule has 2 aliphatic heterocycles. The van der Waals surface area contributed by atoms with Crippen molar-refractivity contribution in [3.8, 4) is 0 Å². The highest BCUT2D eigenvalue weighted by atomic mass is 32.2. The van der Waals surface area contributed by atoms with E-state index in [2.05, 4.69) is 138 Å². The Bertz CT molecular complexity index is 1200. The van der Waals surface area contributed by atoms with E-state index in [4.69, 9.17) is 14.2 Å². The summed E-state index contributed by atoms with van der Waals surface area (Å²) >= 11 is 0. The van der Waals surface area contributed by atoms with Gasteiger partial charge in [-0.2, -0.15) is 0 Å². The third-order valence-electron chi connectivity index (χ3n) is 9.10. The van der Waals surface area contributed by atoms with Crippen LogP contribution in [0.5, 0.6) is 0 Å². The molecular formula is C42H77N3O5S. The molecule has 2 fully saturated rings. The van der Waals surface area contributed by atoms with E-state index < -0.39 is 10.0 Å². The van der Waals surface area contributed by atoms with E-state index in [1.54, 1.807) is 28.1 Å². The highest BCUT2D eigenvalue weighted by molar-refractivity contribution is 7.88. The van der Waals surface area contributed by atoms with E-state index in [0.29, 0.717) is 42.0 Å². The SMILES string of the molecule is CC(C)C(C)c1ccccc1.CC(C)NS(C)(=O)=O.CC1CN(C(C)C)CCO1.COC1CN(C(C)C)C1.COCC(c1ccccc1)C(C)C. The molecule has 0 aromatic heterocycles. The fraction of sp³-hybridized carbons (Fsp3) is 0.714. The van der Waals surface area contributed by atoms with Crippen LogP contribution in [0.25, 0.3) is 0 Å². The minimum Gasteiger partial charge on any atom is -0.384 e. The summed E-state index contributed by atoms with van der Waals surface area (Å²) < 4.78 is 38.8. The summed E-state index contributed by atoms with van der Waals surface area (Å²) in [6.07, 6.45) is 2.08. The first-order valence-corrected chi connectivity index (χ1v) is 20.9. The van der Waals surface area contributed by atoms with Gasteiger partial charge < -0.3 is 14.2 Å². The number of sulfonamides is 1. The topological polar surface area (TPSA) is 80.3 Å². The molecule has 4 rings (SSSR count). The van der Waals surface area contributed by atoms with Crippen molar-refractivity contribution in [3.63, 3.8) is 0 Å². The molecule has 2 aromatic carbocycles. The molecule has 9 heteroatoms. The van der Waals surface area contributed by atoms with Gasteiger partial charge in [0.25, 0.3) is 0 Å². The smallest absolute Gasteiger partial charge is 0.208 e. The first-order valence-electron chi connectivity index (χ1n) is 19.0. The van der Waals surface area contributed by atoms with Crippen molar-refractivity contribution in [2.24, 2.45) is 11.8 Å². The van der Waals surface area contributed by atoms with Crippen LogP contribution in [-0.2, 0) is 24.2 Å². The van der Waals surface area contributed by atoms with Gasteiger partial charge in [-0.15, -0.1) is 0 Å². The number of morpholine rings is 1. The van der Waals surface area contributed by atoms with E-state index in [-0.39, 0.29) is 6.04 Å². The molecule has 0 aliphatic carbocycles. The van der Waals surface area contributed by atoms with E-state index >= 15 is 0 Å². The lowest BCUT2D eigenvalue weighted by Gasteiger charge is -2.40. The lowest BCUT2D eigenvalue weighted by atomic mass is 9.89. The molecule has 0 spiro atoms. The second-order valence-corrected chi connectivity index (χ2v) is 17.2. The molecule has 3 unspecified atom stereocenters. The Balaban J connectivity index is 0.000000619. The lowest BCUT2D eigenvalue weighted by Crippen LogP contribution is -2.54. The van der Waals surface area contributed by atoms with Crippen molar-refractivity contribution in [3.05, 3.63) is 71.8 Å². The standard InChI is InChI=1S/C12H18O.C11H16.C8H17NO.C7H15NO.C4H11NO2S/c1-10(2)12(9-13-3)11-7-5-4-6-8-11;1-9(2)10(3)11-7-5-4-6-8-11;1-7(2)9-4-5-10-8(3)6-9;1-6(2)8-4-7(5-8)9-3;1-4(2)5-8(3,6)7/h4-8,10,12H,9H2,1-3H3;4-10H,1-3H3;7-8H,4-6H2,1-3H3;6-7H,4-5H2,1-3H3;4-5H,1-3H3. The molecule has 2 saturated heterocycles. The fourth-order valence-electron chi connectivity index (χ4n) is 5.48. The molecule has 0 amide bonds. The van der Waals surface area contributed by atoms with Gasteiger partial charge in [0.05, 0.1) is 31.7 Å². The molecule has 296 valence electrons. The second kappa shape index (κ2) is 26.8. The number of benzene rings is 2. The highest BCUT2D eigenvalue weighted by Gasteiger charge is 2.27. The Morgan fingerprint density at radius 3 is 1.55 bits per heavy atom. The van der Waals surface area contributed by atoms with Crippen LogP contribution in [0.3, 0.4) is 0 Å². The zero-order chi connectivity index (χ0) is 39.1. The van der Waals surface area contributed by atoms with E-state index in [1.165, 1.54) is 11.1 Å². The summed E-state index contributed by atoms with van der Waals surface area (Å²) in [4.78, 5) is 4.85. The first kappa shape index (κ1) is 49.1. The van der Waals surface area contributed by atoms with Gasteiger partial charge in [0.15, 0.2) is 0 Å². The third kappa shape index (κ3) is 23.4. The van der Waals surface area contributed by atoms with E-state index in [1.807, 2.05) is 6.07 Å². The van der Waals surface area contributed by atoms with Crippen LogP contribution in [0, 0.1) is 11.8 Å². The maximum atomic E-state index is 10.3. The Hall–Kier alpha value is -1.85. The van der Waals surface area contributed by atoms with Crippen LogP contribution < -0.4 is 4.72 Å². The largest absolute Gasteiger partial charge is 0.384 e. The Kier molecular flexibility index (Phi) is 25.9. The molecule has 2 heterocycles. The minimum atomic E-state index is -2.97. The van der Waals surface area contributed by atoms with Crippen molar-refractivity contribution in [2.75, 3.05) is 59.9 Å². The Morgan fingerprint density at radius 1 is 0.745 bits per heavy atom. The van der Waals surface area contributed by atoms with Crippen molar-refractivity contribution in [1.82, 2.24) is 14.5 Å². The second-order valence-electron chi connectivity index (χ2n) is 15.4. The molecule has 0 radical (unpaired) electrons. The predicted octanol–water partition coefficient (Wildman–Crippen LogP) is 8.30. The van der Waals surface area contributed by atoms with E-state index in [9.17, 15) is 8.42 Å². The van der Waals surface area contributed by atoms with Gasteiger partial charge in [0.2, 0.25) is 10.0 Å². The number of hydrogen-bond acceptors (Lipinski definition) is 7. The van der Waals surface area contributed by atoms with Gasteiger partial charge in [-0.05, 0) is 77.3 Å². The molecule has 3 atom stereocenters. The number of nitrogens with one attached hydrogen (secondary N) is 1. The predicted molar refractivity (Wildman–Crippen MR) is 218 cm³/mol. The average Bonchev–Trinajstić information content (AvgIpc) is 3.03. The van der Waals surface area contributed by atoms with Gasteiger partial charge >= 0.3 is 0 Å². The molecule has 8 nitrogen and oxygen atoms in total. The summed E-state index contributed by atoms with van der Waals surface area (Å²) in [6, 6.07) is 22.6. The zero-order valence-corrected chi connectivity index (χ0v) is 35.9. The molecule has 2 aromatic rings. The first-order chi connectivity index (χ1) is 23.8. The van der Waals surface area contributed by atoms with E-state index in [0.717, 1.165) is 51.6 Å². The summed E-state index contributed by atoms with van der Waals surface area (Å²) in [6.45, 7) is 32.0. The monoisotopic (exact) mass is 736 g/mol. The van der Waals surface area contributed by atoms with Crippen LogP contribution in [0.2, 0.25) is 0 Å². The van der Waals surface area contributed by atoms with Gasteiger partial charge in [-0.3, -0.25) is 9.80 Å². The number of methoxy groups -OCH3 is 2. The van der Waals surface area contributed by atoms with Crippen molar-refractivity contribution in [2.45, 2.75) is 125 Å². The van der Waals surface area contributed by atoms with Crippen LogP contribution in [0.15, 0.2) is 60.7 Å². The van der Waals surface area contributed by atoms with Crippen molar-refractivity contribution < 1.29 is 22.6 Å². The Labute approximate surface area is 315 Å². The third-order valence-corrected chi connectivity index (χ3v) is 10.00. The van der Waals surface area contributed by atoms with Crippen molar-refractivity contribution >= 4 is 10.0 Å². The normalized spacial score (nSPS) is 18.0. The van der Waals surface area contributed by atoms with Gasteiger partial charge in [-0.25, -0.2) is 13.1 Å². The van der Waals surface area contributed by atoms with Crippen LogP contribution in [-0.4, -0.2) is 108 Å². The number of nitrogens with zero attached hydrogens (tertiary/aromatic N) is 2. The molecule has 1 N–H and O–H groups in total. The number of likely N-dealkylation sites (tertiary alicyclic amines) is 1. The molecule has 0 bridgehead atoms. The maximum Gasteiger partial charge on any atom is 0.208 e. The van der Waals surface area contributed by atoms with Crippen LogP contribution in [0.1, 0.15) is 106 Å². The van der Waals surface area contributed by atoms with Crippen LogP contribution >= 0.6 is 0 Å². The van der Waals surface area contributed by atoms with Gasteiger partial charge in [-0.1, -0.05) is 95.3 Å². The number of ether oxygens (including phenoxy) is 3. The summed E-state index contributed by atoms with van der Waals surface area (Å²) in [5, 5.41) is 0. The maximum absolute atomic E-state index is 10.3. The van der Waals surface area contributed by atoms with Gasteiger partial charge in [0, 0.05) is 64.4 Å². The Morgan fingerprint density at radius 2 is 1.24 bits per heavy atom. The molecular weight excluding hydrogens is 659 g/mol. The quantitative estimate of drug-likeness (QED) is 0.249. The molecule has 0 saturated carbocycles. The number of rotatable bonds is 11. The summed E-state index contributed by atoms with van der Waals surface area (Å²) in [5.74, 6) is 2.56. The minimum absolute atomic E-state index is 0.00463. The lowest BCUT2D eigenvalue weighted by molar-refractivity contribution is -0.0437. The number of hydrogen-bond donors (Lipinski definition) is 1. The zero-order valence-electron chi connectivity index (χ0n) is 35.1. The summed E-state index contributed by atoms with van der Waals surface area (Å²) in [5.41, 5.74) is 2.82. The molecule has 2 aliphatic rings.